The van der Waals surface area contributed by atoms with Crippen molar-refractivity contribution >= 4 is 45.4 Å². The van der Waals surface area contributed by atoms with Crippen molar-refractivity contribution < 1.29 is 37.4 Å². The summed E-state index contributed by atoms with van der Waals surface area (Å²) in [5, 5.41) is 24.0. The molecule has 7 N–H and O–H groups in total. The average molecular weight is 589 g/mol. The summed E-state index contributed by atoms with van der Waals surface area (Å²) in [6.07, 6.45) is -0.586. The van der Waals surface area contributed by atoms with Crippen LogP contribution in [0.3, 0.4) is 0 Å². The number of guanidine groups is 1. The monoisotopic (exact) mass is 588 g/mol. The highest BCUT2D eigenvalue weighted by Crippen LogP contribution is 2.26. The average Bonchev–Trinajstić information content (AvgIpc) is 3.31. The lowest BCUT2D eigenvalue weighted by atomic mass is 10.0. The van der Waals surface area contributed by atoms with E-state index in [1.165, 1.54) is 19.1 Å². The van der Waals surface area contributed by atoms with E-state index in [4.69, 9.17) is 15.9 Å². The number of rotatable bonds is 12. The van der Waals surface area contributed by atoms with Crippen molar-refractivity contribution in [3.05, 3.63) is 60.2 Å². The number of benzene rings is 2. The fourth-order valence-corrected chi connectivity index (χ4v) is 5.69. The Balaban J connectivity index is 1.59. The molecular formula is C26H32N6O8S. The van der Waals surface area contributed by atoms with Crippen molar-refractivity contribution in [3.8, 4) is 0 Å². The molecule has 3 rings (SSSR count). The Hall–Kier alpha value is -4.34. The van der Waals surface area contributed by atoms with Crippen LogP contribution in [-0.2, 0) is 40.4 Å². The number of carbonyl (C=O) groups excluding carboxylic acids is 3. The van der Waals surface area contributed by atoms with Crippen LogP contribution in [0.4, 0.5) is 5.69 Å². The molecule has 1 fully saturated rings. The van der Waals surface area contributed by atoms with Crippen LogP contribution < -0.4 is 21.7 Å². The van der Waals surface area contributed by atoms with Gasteiger partial charge in [0.15, 0.2) is 5.96 Å². The van der Waals surface area contributed by atoms with Crippen molar-refractivity contribution in [1.29, 1.82) is 5.41 Å². The van der Waals surface area contributed by atoms with Gasteiger partial charge >= 0.3 is 5.97 Å². The van der Waals surface area contributed by atoms with E-state index in [0.717, 1.165) is 4.31 Å². The molecule has 14 nitrogen and oxygen atoms in total. The highest BCUT2D eigenvalue weighted by Gasteiger charge is 2.45. The van der Waals surface area contributed by atoms with E-state index < -0.39 is 52.0 Å². The van der Waals surface area contributed by atoms with Crippen molar-refractivity contribution in [2.45, 2.75) is 55.7 Å². The van der Waals surface area contributed by atoms with Crippen LogP contribution in [0.1, 0.15) is 31.7 Å². The molecule has 220 valence electrons. The zero-order valence-corrected chi connectivity index (χ0v) is 23.0. The van der Waals surface area contributed by atoms with E-state index >= 15 is 0 Å². The largest absolute Gasteiger partial charge is 0.480 e. The molecule has 0 aliphatic carbocycles. The molecule has 0 radical (unpaired) electrons. The number of nitrogens with one attached hydrogen (secondary N) is 4. The topological polar surface area (TPSA) is 221 Å². The molecule has 2 aromatic carbocycles. The third-order valence-corrected chi connectivity index (χ3v) is 8.03. The Morgan fingerprint density at radius 2 is 1.71 bits per heavy atom. The minimum Gasteiger partial charge on any atom is -0.480 e. The maximum atomic E-state index is 13.2. The first-order valence-corrected chi connectivity index (χ1v) is 14.1. The summed E-state index contributed by atoms with van der Waals surface area (Å²) >= 11 is 0. The third-order valence-electron chi connectivity index (χ3n) is 6.21. The van der Waals surface area contributed by atoms with E-state index in [-0.39, 0.29) is 43.2 Å². The zero-order valence-electron chi connectivity index (χ0n) is 22.2. The molecule has 1 saturated heterocycles. The Morgan fingerprint density at radius 3 is 2.32 bits per heavy atom. The summed E-state index contributed by atoms with van der Waals surface area (Å²) in [5.41, 5.74) is 6.06. The lowest BCUT2D eigenvalue weighted by Gasteiger charge is -2.25. The number of ether oxygens (including phenoxy) is 1. The smallest absolute Gasteiger partial charge is 0.326 e. The van der Waals surface area contributed by atoms with E-state index in [9.17, 15) is 32.7 Å². The van der Waals surface area contributed by atoms with E-state index in [1.54, 1.807) is 42.5 Å². The number of carboxylic acids is 1. The van der Waals surface area contributed by atoms with Gasteiger partial charge in [0.2, 0.25) is 27.7 Å². The van der Waals surface area contributed by atoms with Crippen LogP contribution in [0.2, 0.25) is 0 Å². The molecule has 1 unspecified atom stereocenters. The number of carboxylic acid groups (broad SMARTS) is 1. The zero-order chi connectivity index (χ0) is 30.2. The van der Waals surface area contributed by atoms with Crippen molar-refractivity contribution in [1.82, 2.24) is 14.9 Å². The minimum atomic E-state index is -4.08. The summed E-state index contributed by atoms with van der Waals surface area (Å²) in [4.78, 5) is 48.7. The van der Waals surface area contributed by atoms with Crippen molar-refractivity contribution in [2.24, 2.45) is 5.73 Å². The van der Waals surface area contributed by atoms with Gasteiger partial charge in [0, 0.05) is 24.9 Å². The highest BCUT2D eigenvalue weighted by molar-refractivity contribution is 7.89. The molecule has 0 spiro atoms. The first-order chi connectivity index (χ1) is 19.4. The van der Waals surface area contributed by atoms with Crippen molar-refractivity contribution in [2.75, 3.05) is 12.0 Å². The molecule has 0 saturated carbocycles. The number of anilines is 1. The number of carbonyl (C=O) groups is 4. The number of hydrogen-bond donors (Lipinski definition) is 6. The number of nitrogens with two attached hydrogens (primary N) is 1. The quantitative estimate of drug-likeness (QED) is 0.148. The van der Waals surface area contributed by atoms with Crippen LogP contribution >= 0.6 is 0 Å². The molecule has 3 atom stereocenters. The van der Waals surface area contributed by atoms with Gasteiger partial charge < -0.3 is 26.2 Å². The van der Waals surface area contributed by atoms with Gasteiger partial charge in [0.05, 0.1) is 11.0 Å². The number of aliphatic carboxylic acids is 1. The SMILES string of the molecule is CC1OCN(S(=O)(=O)c2ccccc2)[C@@H]1C(=O)N[C@@H](Cc1ccc(NC(=O)CCCC(=O)NC(=N)N)cc1)C(=O)O. The minimum absolute atomic E-state index is 0.0176. The second-order valence-electron chi connectivity index (χ2n) is 9.31. The van der Waals surface area contributed by atoms with Gasteiger partial charge in [-0.1, -0.05) is 30.3 Å². The van der Waals surface area contributed by atoms with E-state index in [1.807, 2.05) is 0 Å². The van der Waals surface area contributed by atoms with Crippen LogP contribution in [0.5, 0.6) is 0 Å². The molecule has 1 heterocycles. The van der Waals surface area contributed by atoms with Gasteiger partial charge in [-0.2, -0.15) is 4.31 Å². The number of amides is 3. The van der Waals surface area contributed by atoms with E-state index in [2.05, 4.69) is 16.0 Å². The Kier molecular flexibility index (Phi) is 10.5. The van der Waals surface area contributed by atoms with Crippen LogP contribution in [0, 0.1) is 5.41 Å². The molecule has 3 amide bonds. The Labute approximate surface area is 236 Å². The summed E-state index contributed by atoms with van der Waals surface area (Å²) in [5.74, 6) is -3.39. The summed E-state index contributed by atoms with van der Waals surface area (Å²) in [6, 6.07) is 11.2. The normalized spacial score (nSPS) is 17.8. The molecule has 0 aromatic heterocycles. The van der Waals surface area contributed by atoms with Gasteiger partial charge in [-0.15, -0.1) is 0 Å². The predicted octanol–water partition coefficient (Wildman–Crippen LogP) is 0.353. The number of sulfonamides is 1. The molecule has 2 aromatic rings. The van der Waals surface area contributed by atoms with Gasteiger partial charge in [0.1, 0.15) is 18.8 Å². The fraction of sp³-hybridized carbons (Fsp3) is 0.346. The van der Waals surface area contributed by atoms with Gasteiger partial charge in [-0.05, 0) is 43.2 Å². The van der Waals surface area contributed by atoms with Gasteiger partial charge in [-0.25, -0.2) is 13.2 Å². The molecule has 15 heteroatoms. The first-order valence-electron chi connectivity index (χ1n) is 12.6. The van der Waals surface area contributed by atoms with Gasteiger partial charge in [0.25, 0.3) is 0 Å². The van der Waals surface area contributed by atoms with Crippen LogP contribution in [-0.4, -0.2) is 72.4 Å². The fourth-order valence-electron chi connectivity index (χ4n) is 4.15. The molecule has 1 aliphatic rings. The van der Waals surface area contributed by atoms with Crippen molar-refractivity contribution in [3.63, 3.8) is 0 Å². The second-order valence-corrected chi connectivity index (χ2v) is 11.2. The standard InChI is InChI=1S/C26H32N6O8S/c1-16-23(32(15-40-16)41(38,39)19-6-3-2-4-7-19)24(35)30-20(25(36)37)14-17-10-12-18(13-11-17)29-21(33)8-5-9-22(34)31-26(27)28/h2-4,6-7,10-13,16,20,23H,5,8-9,14-15H2,1H3,(H,29,33)(H,30,35)(H,36,37)(H4,27,28,31,34)/t16?,20-,23-/m0/s1. The van der Waals surface area contributed by atoms with Gasteiger partial charge in [-0.3, -0.25) is 25.1 Å². The number of hydrogen-bond acceptors (Lipinski definition) is 8. The lowest BCUT2D eigenvalue weighted by molar-refractivity contribution is -0.142. The lowest BCUT2D eigenvalue weighted by Crippen LogP contribution is -2.54. The Morgan fingerprint density at radius 1 is 1.07 bits per heavy atom. The first kappa shape index (κ1) is 31.2. The highest BCUT2D eigenvalue weighted by atomic mass is 32.2. The third kappa shape index (κ3) is 8.57. The van der Waals surface area contributed by atoms with E-state index in [0.29, 0.717) is 11.3 Å². The summed E-state index contributed by atoms with van der Waals surface area (Å²) in [6.45, 7) is 1.18. The maximum Gasteiger partial charge on any atom is 0.326 e. The van der Waals surface area contributed by atoms with Crippen LogP contribution in [0.15, 0.2) is 59.5 Å². The molecular weight excluding hydrogens is 556 g/mol. The molecule has 0 bridgehead atoms. The Bertz CT molecular complexity index is 1380. The predicted molar refractivity (Wildman–Crippen MR) is 147 cm³/mol. The molecule has 1 aliphatic heterocycles. The summed E-state index contributed by atoms with van der Waals surface area (Å²) < 4.78 is 32.6. The second kappa shape index (κ2) is 13.8. The molecule has 41 heavy (non-hydrogen) atoms. The van der Waals surface area contributed by atoms with Crippen LogP contribution in [0.25, 0.3) is 0 Å². The maximum absolute atomic E-state index is 13.2. The summed E-state index contributed by atoms with van der Waals surface area (Å²) in [7, 11) is -4.08. The number of nitrogens with zero attached hydrogens (tertiary/aromatic N) is 1.